The summed E-state index contributed by atoms with van der Waals surface area (Å²) in [6.45, 7) is 2.05. The van der Waals surface area contributed by atoms with Gasteiger partial charge >= 0.3 is 0 Å². The molecule has 1 amide bonds. The van der Waals surface area contributed by atoms with Crippen molar-refractivity contribution >= 4 is 5.91 Å². The SMILES string of the molecule is COCc1ccccc1C(=O)N1CCC(OC2CCCC2)CC1. The molecule has 1 aliphatic carbocycles. The number of carbonyl (C=O) groups is 1. The molecule has 1 aromatic rings. The van der Waals surface area contributed by atoms with Gasteiger partial charge in [0.1, 0.15) is 0 Å². The molecule has 1 saturated carbocycles. The predicted molar refractivity (Wildman–Crippen MR) is 89.4 cm³/mol. The van der Waals surface area contributed by atoms with Gasteiger partial charge in [-0.25, -0.2) is 0 Å². The molecule has 0 spiro atoms. The summed E-state index contributed by atoms with van der Waals surface area (Å²) in [7, 11) is 1.66. The molecular weight excluding hydrogens is 290 g/mol. The monoisotopic (exact) mass is 317 g/mol. The molecule has 0 unspecified atom stereocenters. The van der Waals surface area contributed by atoms with E-state index in [2.05, 4.69) is 0 Å². The summed E-state index contributed by atoms with van der Waals surface area (Å²) in [5.74, 6) is 0.122. The molecule has 0 N–H and O–H groups in total. The lowest BCUT2D eigenvalue weighted by molar-refractivity contribution is -0.0358. The molecule has 2 aliphatic rings. The van der Waals surface area contributed by atoms with E-state index in [1.54, 1.807) is 7.11 Å². The minimum absolute atomic E-state index is 0.122. The van der Waals surface area contributed by atoms with Gasteiger partial charge in [-0.05, 0) is 37.3 Å². The number of amides is 1. The Kier molecular flexibility index (Phi) is 5.68. The molecule has 3 rings (SSSR count). The van der Waals surface area contributed by atoms with Crippen LogP contribution in [0.1, 0.15) is 54.4 Å². The zero-order valence-corrected chi connectivity index (χ0v) is 14.0. The van der Waals surface area contributed by atoms with Gasteiger partial charge in [0, 0.05) is 25.8 Å². The number of methoxy groups -OCH3 is 1. The number of nitrogens with zero attached hydrogens (tertiary/aromatic N) is 1. The largest absolute Gasteiger partial charge is 0.380 e. The highest BCUT2D eigenvalue weighted by atomic mass is 16.5. The van der Waals surface area contributed by atoms with Crippen molar-refractivity contribution in [3.8, 4) is 0 Å². The number of rotatable bonds is 5. The van der Waals surface area contributed by atoms with Crippen LogP contribution in [0.15, 0.2) is 24.3 Å². The second-order valence-electron chi connectivity index (χ2n) is 6.62. The van der Waals surface area contributed by atoms with Crippen LogP contribution in [0.2, 0.25) is 0 Å². The molecule has 1 aromatic carbocycles. The number of benzene rings is 1. The summed E-state index contributed by atoms with van der Waals surface area (Å²) in [5.41, 5.74) is 1.73. The van der Waals surface area contributed by atoms with E-state index < -0.39 is 0 Å². The van der Waals surface area contributed by atoms with Gasteiger partial charge in [0.2, 0.25) is 0 Å². The number of ether oxygens (including phenoxy) is 2. The van der Waals surface area contributed by atoms with Crippen molar-refractivity contribution in [2.24, 2.45) is 0 Å². The van der Waals surface area contributed by atoms with Gasteiger partial charge in [0.25, 0.3) is 5.91 Å². The fourth-order valence-electron chi connectivity index (χ4n) is 3.67. The van der Waals surface area contributed by atoms with Crippen molar-refractivity contribution in [3.63, 3.8) is 0 Å². The summed E-state index contributed by atoms with van der Waals surface area (Å²) < 4.78 is 11.4. The first-order valence-electron chi connectivity index (χ1n) is 8.79. The molecule has 2 fully saturated rings. The Bertz CT molecular complexity index is 517. The van der Waals surface area contributed by atoms with Gasteiger partial charge in [-0.2, -0.15) is 0 Å². The van der Waals surface area contributed by atoms with E-state index in [1.165, 1.54) is 25.7 Å². The van der Waals surface area contributed by atoms with Crippen molar-refractivity contribution in [2.75, 3.05) is 20.2 Å². The molecule has 1 saturated heterocycles. The average molecular weight is 317 g/mol. The van der Waals surface area contributed by atoms with Crippen molar-refractivity contribution in [3.05, 3.63) is 35.4 Å². The first kappa shape index (κ1) is 16.5. The van der Waals surface area contributed by atoms with Crippen LogP contribution in [0.4, 0.5) is 0 Å². The first-order valence-corrected chi connectivity index (χ1v) is 8.79. The molecule has 0 aromatic heterocycles. The third-order valence-corrected chi connectivity index (χ3v) is 4.96. The van der Waals surface area contributed by atoms with E-state index in [0.29, 0.717) is 18.8 Å². The van der Waals surface area contributed by atoms with Crippen LogP contribution in [0.5, 0.6) is 0 Å². The first-order chi connectivity index (χ1) is 11.3. The minimum atomic E-state index is 0.122. The highest BCUT2D eigenvalue weighted by Crippen LogP contribution is 2.26. The number of likely N-dealkylation sites (tertiary alicyclic amines) is 1. The zero-order valence-electron chi connectivity index (χ0n) is 14.0. The molecular formula is C19H27NO3. The summed E-state index contributed by atoms with van der Waals surface area (Å²) in [4.78, 5) is 14.7. The van der Waals surface area contributed by atoms with Crippen LogP contribution in [0, 0.1) is 0 Å². The molecule has 126 valence electrons. The maximum Gasteiger partial charge on any atom is 0.254 e. The van der Waals surface area contributed by atoms with Crippen LogP contribution in [0.3, 0.4) is 0 Å². The van der Waals surface area contributed by atoms with E-state index >= 15 is 0 Å². The highest BCUT2D eigenvalue weighted by molar-refractivity contribution is 5.95. The topological polar surface area (TPSA) is 38.8 Å². The fourth-order valence-corrected chi connectivity index (χ4v) is 3.67. The maximum absolute atomic E-state index is 12.8. The predicted octanol–water partition coefficient (Wildman–Crippen LogP) is 3.40. The third-order valence-electron chi connectivity index (χ3n) is 4.96. The van der Waals surface area contributed by atoms with Crippen molar-refractivity contribution in [1.29, 1.82) is 0 Å². The lowest BCUT2D eigenvalue weighted by Crippen LogP contribution is -2.42. The van der Waals surface area contributed by atoms with Crippen LogP contribution < -0.4 is 0 Å². The Labute approximate surface area is 138 Å². The molecule has 0 bridgehead atoms. The minimum Gasteiger partial charge on any atom is -0.380 e. The van der Waals surface area contributed by atoms with E-state index in [9.17, 15) is 4.79 Å². The number of carbonyl (C=O) groups excluding carboxylic acids is 1. The summed E-state index contributed by atoms with van der Waals surface area (Å²) in [6.07, 6.45) is 7.73. The number of hydrogen-bond donors (Lipinski definition) is 0. The van der Waals surface area contributed by atoms with Crippen molar-refractivity contribution in [2.45, 2.75) is 57.3 Å². The summed E-state index contributed by atoms with van der Waals surface area (Å²) >= 11 is 0. The van der Waals surface area contributed by atoms with E-state index in [4.69, 9.17) is 9.47 Å². The Morgan fingerprint density at radius 1 is 1.09 bits per heavy atom. The lowest BCUT2D eigenvalue weighted by atomic mass is 10.0. The summed E-state index contributed by atoms with van der Waals surface area (Å²) in [5, 5.41) is 0. The van der Waals surface area contributed by atoms with Gasteiger partial charge in [0.05, 0.1) is 18.8 Å². The Hall–Kier alpha value is -1.39. The summed E-state index contributed by atoms with van der Waals surface area (Å²) in [6, 6.07) is 7.74. The normalized spacial score (nSPS) is 20.1. The van der Waals surface area contributed by atoms with Gasteiger partial charge in [-0.15, -0.1) is 0 Å². The Morgan fingerprint density at radius 3 is 2.43 bits per heavy atom. The average Bonchev–Trinajstić information content (AvgIpc) is 3.09. The highest BCUT2D eigenvalue weighted by Gasteiger charge is 2.27. The quantitative estimate of drug-likeness (QED) is 0.835. The maximum atomic E-state index is 12.8. The molecule has 0 radical (unpaired) electrons. The van der Waals surface area contributed by atoms with Gasteiger partial charge < -0.3 is 14.4 Å². The van der Waals surface area contributed by atoms with Gasteiger partial charge in [0.15, 0.2) is 0 Å². The van der Waals surface area contributed by atoms with E-state index in [1.807, 2.05) is 29.2 Å². The molecule has 4 heteroatoms. The molecule has 4 nitrogen and oxygen atoms in total. The number of hydrogen-bond acceptors (Lipinski definition) is 3. The number of piperidine rings is 1. The van der Waals surface area contributed by atoms with Crippen molar-refractivity contribution in [1.82, 2.24) is 4.90 Å². The molecule has 1 heterocycles. The van der Waals surface area contributed by atoms with E-state index in [0.717, 1.165) is 37.1 Å². The molecule has 0 atom stereocenters. The van der Waals surface area contributed by atoms with Crippen LogP contribution in [0.25, 0.3) is 0 Å². The Balaban J connectivity index is 1.55. The van der Waals surface area contributed by atoms with Crippen LogP contribution >= 0.6 is 0 Å². The Morgan fingerprint density at radius 2 is 1.74 bits per heavy atom. The second-order valence-corrected chi connectivity index (χ2v) is 6.62. The lowest BCUT2D eigenvalue weighted by Gasteiger charge is -2.33. The molecule has 23 heavy (non-hydrogen) atoms. The second kappa shape index (κ2) is 7.93. The smallest absolute Gasteiger partial charge is 0.254 e. The standard InChI is InChI=1S/C19H27NO3/c1-22-14-15-6-2-5-9-18(15)19(21)20-12-10-17(11-13-20)23-16-7-3-4-8-16/h2,5-6,9,16-17H,3-4,7-8,10-14H2,1H3. The fraction of sp³-hybridized carbons (Fsp3) is 0.632. The molecule has 1 aliphatic heterocycles. The van der Waals surface area contributed by atoms with Crippen LogP contribution in [-0.4, -0.2) is 43.2 Å². The van der Waals surface area contributed by atoms with Crippen LogP contribution in [-0.2, 0) is 16.1 Å². The third kappa shape index (κ3) is 4.12. The van der Waals surface area contributed by atoms with E-state index in [-0.39, 0.29) is 5.91 Å². The zero-order chi connectivity index (χ0) is 16.1. The van der Waals surface area contributed by atoms with Gasteiger partial charge in [-0.1, -0.05) is 31.0 Å². The van der Waals surface area contributed by atoms with Crippen molar-refractivity contribution < 1.29 is 14.3 Å². The van der Waals surface area contributed by atoms with Gasteiger partial charge in [-0.3, -0.25) is 4.79 Å².